The number of rotatable bonds is 4. The van der Waals surface area contributed by atoms with E-state index in [2.05, 4.69) is 19.1 Å². The van der Waals surface area contributed by atoms with Crippen LogP contribution in [0.3, 0.4) is 0 Å². The monoisotopic (exact) mass is 328 g/mol. The van der Waals surface area contributed by atoms with Crippen LogP contribution >= 0.6 is 0 Å². The highest BCUT2D eigenvalue weighted by atomic mass is 19.1. The first-order valence-corrected chi connectivity index (χ1v) is 8.60. The lowest BCUT2D eigenvalue weighted by Gasteiger charge is -2.18. The van der Waals surface area contributed by atoms with Crippen molar-refractivity contribution in [3.63, 3.8) is 0 Å². The van der Waals surface area contributed by atoms with E-state index < -0.39 is 0 Å². The van der Waals surface area contributed by atoms with Gasteiger partial charge in [-0.15, -0.1) is 0 Å². The minimum Gasteiger partial charge on any atom is -0.496 e. The Balaban J connectivity index is 2.23. The van der Waals surface area contributed by atoms with Crippen LogP contribution < -0.4 is 4.74 Å². The maximum Gasteiger partial charge on any atom is 0.130 e. The molecule has 0 heterocycles. The fraction of sp³-hybridized carbons (Fsp3) is 0.429. The smallest absolute Gasteiger partial charge is 0.130 e. The average Bonchev–Trinajstić information content (AvgIpc) is 2.93. The lowest BCUT2D eigenvalue weighted by atomic mass is 9.90. The first-order chi connectivity index (χ1) is 11.5. The molecule has 1 aliphatic carbocycles. The summed E-state index contributed by atoms with van der Waals surface area (Å²) in [6.07, 6.45) is 2.19. The molecule has 0 radical (unpaired) electrons. The van der Waals surface area contributed by atoms with Gasteiger partial charge in [-0.05, 0) is 58.6 Å². The molecule has 3 rings (SSSR count). The summed E-state index contributed by atoms with van der Waals surface area (Å²) in [6, 6.07) is 7.60. The summed E-state index contributed by atoms with van der Waals surface area (Å²) in [5.41, 5.74) is 6.00. The van der Waals surface area contributed by atoms with Gasteiger partial charge in [0, 0.05) is 11.6 Å². The molecule has 24 heavy (non-hydrogen) atoms. The number of hydrogen-bond donors (Lipinski definition) is 1. The molecule has 0 amide bonds. The number of aliphatic hydroxyl groups is 1. The molecule has 2 aromatic rings. The van der Waals surface area contributed by atoms with E-state index in [1.165, 1.54) is 17.2 Å². The normalized spacial score (nSPS) is 16.5. The van der Waals surface area contributed by atoms with Crippen molar-refractivity contribution >= 4 is 0 Å². The predicted molar refractivity (Wildman–Crippen MR) is 95.1 cm³/mol. The van der Waals surface area contributed by atoms with Gasteiger partial charge in [0.25, 0.3) is 0 Å². The predicted octanol–water partition coefficient (Wildman–Crippen LogP) is 5.17. The van der Waals surface area contributed by atoms with Crippen LogP contribution in [0.5, 0.6) is 5.75 Å². The van der Waals surface area contributed by atoms with Crippen LogP contribution in [0.4, 0.5) is 4.39 Å². The summed E-state index contributed by atoms with van der Waals surface area (Å²) in [5.74, 6) is 0.880. The molecule has 1 atom stereocenters. The van der Waals surface area contributed by atoms with Crippen molar-refractivity contribution in [2.45, 2.75) is 52.1 Å². The molecule has 128 valence electrons. The Morgan fingerprint density at radius 3 is 2.58 bits per heavy atom. The maximum atomic E-state index is 14.3. The second-order valence-electron chi connectivity index (χ2n) is 7.03. The van der Waals surface area contributed by atoms with Gasteiger partial charge in [0.1, 0.15) is 11.6 Å². The van der Waals surface area contributed by atoms with Gasteiger partial charge in [-0.1, -0.05) is 32.9 Å². The lowest BCUT2D eigenvalue weighted by Crippen LogP contribution is -2.01. The Labute approximate surface area is 143 Å². The summed E-state index contributed by atoms with van der Waals surface area (Å²) in [6.45, 7) is 6.15. The molecular weight excluding hydrogens is 303 g/mol. The molecule has 0 bridgehead atoms. The number of ether oxygens (including phenoxy) is 1. The standard InChI is InChI=1S/C21H25FO2/c1-12(2)16-9-19(21(24-4)10-20(16)22)18-7-14-6-5-13(3)17(14)8-15(18)11-23/h7-10,12-13,23H,5-6,11H2,1-4H3. The fourth-order valence-corrected chi connectivity index (χ4v) is 3.69. The molecule has 0 aromatic heterocycles. The molecule has 3 heteroatoms. The lowest BCUT2D eigenvalue weighted by molar-refractivity contribution is 0.282. The summed E-state index contributed by atoms with van der Waals surface area (Å²) < 4.78 is 19.7. The first-order valence-electron chi connectivity index (χ1n) is 8.60. The van der Waals surface area contributed by atoms with E-state index in [0.717, 1.165) is 29.5 Å². The molecule has 2 nitrogen and oxygen atoms in total. The van der Waals surface area contributed by atoms with E-state index in [1.54, 1.807) is 7.11 Å². The molecule has 0 fully saturated rings. The molecule has 0 saturated heterocycles. The van der Waals surface area contributed by atoms with E-state index in [9.17, 15) is 9.50 Å². The van der Waals surface area contributed by atoms with Crippen molar-refractivity contribution in [3.8, 4) is 16.9 Å². The number of benzene rings is 2. The second kappa shape index (κ2) is 6.56. The zero-order chi connectivity index (χ0) is 17.4. The minimum atomic E-state index is -0.245. The second-order valence-corrected chi connectivity index (χ2v) is 7.03. The Morgan fingerprint density at radius 1 is 1.21 bits per heavy atom. The summed E-state index contributed by atoms with van der Waals surface area (Å²) in [4.78, 5) is 0. The van der Waals surface area contributed by atoms with E-state index in [0.29, 0.717) is 17.2 Å². The first kappa shape index (κ1) is 17.0. The molecule has 0 spiro atoms. The third-order valence-corrected chi connectivity index (χ3v) is 5.14. The largest absolute Gasteiger partial charge is 0.496 e. The van der Waals surface area contributed by atoms with Crippen molar-refractivity contribution in [2.24, 2.45) is 0 Å². The summed E-state index contributed by atoms with van der Waals surface area (Å²) >= 11 is 0. The van der Waals surface area contributed by atoms with Crippen LogP contribution in [0.1, 0.15) is 61.3 Å². The maximum absolute atomic E-state index is 14.3. The number of halogens is 1. The molecule has 0 aliphatic heterocycles. The molecule has 1 unspecified atom stereocenters. The Morgan fingerprint density at radius 2 is 1.96 bits per heavy atom. The molecule has 2 aromatic carbocycles. The Kier molecular flexibility index (Phi) is 4.64. The van der Waals surface area contributed by atoms with Gasteiger partial charge in [0.15, 0.2) is 0 Å². The summed E-state index contributed by atoms with van der Waals surface area (Å²) in [7, 11) is 1.56. The van der Waals surface area contributed by atoms with Crippen molar-refractivity contribution in [2.75, 3.05) is 7.11 Å². The molecule has 0 saturated carbocycles. The average molecular weight is 328 g/mol. The van der Waals surface area contributed by atoms with Crippen molar-refractivity contribution < 1.29 is 14.2 Å². The van der Waals surface area contributed by atoms with Crippen molar-refractivity contribution in [3.05, 3.63) is 52.3 Å². The van der Waals surface area contributed by atoms with Crippen LogP contribution in [0, 0.1) is 5.82 Å². The van der Waals surface area contributed by atoms with Gasteiger partial charge in [-0.3, -0.25) is 0 Å². The van der Waals surface area contributed by atoms with Gasteiger partial charge in [-0.2, -0.15) is 0 Å². The third kappa shape index (κ3) is 2.82. The highest BCUT2D eigenvalue weighted by molar-refractivity contribution is 5.76. The van der Waals surface area contributed by atoms with E-state index >= 15 is 0 Å². The Bertz CT molecular complexity index is 765. The fourth-order valence-electron chi connectivity index (χ4n) is 3.69. The minimum absolute atomic E-state index is 0.0348. The molecule has 1 aliphatic rings. The number of aryl methyl sites for hydroxylation is 1. The van der Waals surface area contributed by atoms with Gasteiger partial charge >= 0.3 is 0 Å². The summed E-state index contributed by atoms with van der Waals surface area (Å²) in [5, 5.41) is 9.88. The number of fused-ring (bicyclic) bond motifs is 1. The highest BCUT2D eigenvalue weighted by Gasteiger charge is 2.23. The third-order valence-electron chi connectivity index (χ3n) is 5.14. The van der Waals surface area contributed by atoms with Crippen LogP contribution in [0.25, 0.3) is 11.1 Å². The van der Waals surface area contributed by atoms with Crippen LogP contribution in [-0.4, -0.2) is 12.2 Å². The van der Waals surface area contributed by atoms with E-state index in [1.807, 2.05) is 19.9 Å². The van der Waals surface area contributed by atoms with E-state index in [4.69, 9.17) is 4.74 Å². The quantitative estimate of drug-likeness (QED) is 0.839. The van der Waals surface area contributed by atoms with Gasteiger partial charge in [0.2, 0.25) is 0 Å². The Hall–Kier alpha value is -1.87. The topological polar surface area (TPSA) is 29.5 Å². The SMILES string of the molecule is COc1cc(F)c(C(C)C)cc1-c1cc2c(cc1CO)C(C)CC2. The van der Waals surface area contributed by atoms with Crippen LogP contribution in [0.2, 0.25) is 0 Å². The van der Waals surface area contributed by atoms with Gasteiger partial charge in [-0.25, -0.2) is 4.39 Å². The highest BCUT2D eigenvalue weighted by Crippen LogP contribution is 2.41. The van der Waals surface area contributed by atoms with Gasteiger partial charge < -0.3 is 9.84 Å². The zero-order valence-corrected chi connectivity index (χ0v) is 14.8. The van der Waals surface area contributed by atoms with Crippen molar-refractivity contribution in [1.82, 2.24) is 0 Å². The number of aliphatic hydroxyl groups excluding tert-OH is 1. The van der Waals surface area contributed by atoms with Crippen molar-refractivity contribution in [1.29, 1.82) is 0 Å². The van der Waals surface area contributed by atoms with Crippen LogP contribution in [-0.2, 0) is 13.0 Å². The number of methoxy groups -OCH3 is 1. The molecule has 1 N–H and O–H groups in total. The zero-order valence-electron chi connectivity index (χ0n) is 14.8. The van der Waals surface area contributed by atoms with E-state index in [-0.39, 0.29) is 18.3 Å². The van der Waals surface area contributed by atoms with Gasteiger partial charge in [0.05, 0.1) is 13.7 Å². The number of hydrogen-bond acceptors (Lipinski definition) is 2. The van der Waals surface area contributed by atoms with Crippen LogP contribution in [0.15, 0.2) is 24.3 Å². The molecular formula is C21H25FO2.